The Morgan fingerprint density at radius 2 is 1.78 bits per heavy atom. The van der Waals surface area contributed by atoms with Gasteiger partial charge in [-0.05, 0) is 50.4 Å². The molecule has 7 heteroatoms. The zero-order chi connectivity index (χ0) is 19.2. The molecular formula is C20H24N4O3. The minimum absolute atomic E-state index is 0.288. The second-order valence-corrected chi connectivity index (χ2v) is 6.44. The molecule has 0 aliphatic carbocycles. The number of carbonyl (C=O) groups is 2. The van der Waals surface area contributed by atoms with Crippen LogP contribution in [0, 0.1) is 0 Å². The van der Waals surface area contributed by atoms with Gasteiger partial charge < -0.3 is 19.9 Å². The molecule has 1 aliphatic heterocycles. The van der Waals surface area contributed by atoms with Gasteiger partial charge in [-0.1, -0.05) is 0 Å². The largest absolute Gasteiger partial charge is 0.462 e. The van der Waals surface area contributed by atoms with E-state index in [1.807, 2.05) is 6.07 Å². The molecule has 0 bridgehead atoms. The smallest absolute Gasteiger partial charge is 0.338 e. The van der Waals surface area contributed by atoms with E-state index in [1.54, 1.807) is 43.5 Å². The molecule has 2 aromatic rings. The number of carbonyl (C=O) groups excluding carboxylic acids is 2. The topological polar surface area (TPSA) is 74.8 Å². The highest BCUT2D eigenvalue weighted by molar-refractivity contribution is 6.03. The molecule has 0 radical (unpaired) electrons. The number of hydrogen-bond donors (Lipinski definition) is 1. The fourth-order valence-electron chi connectivity index (χ4n) is 2.87. The van der Waals surface area contributed by atoms with Crippen molar-refractivity contribution in [1.29, 1.82) is 0 Å². The molecule has 0 spiro atoms. The minimum Gasteiger partial charge on any atom is -0.462 e. The van der Waals surface area contributed by atoms with Crippen LogP contribution in [0.5, 0.6) is 0 Å². The highest BCUT2D eigenvalue weighted by atomic mass is 16.5. The standard InChI is InChI=1S/C20H24N4O3/c1-3-27-20(26)15-4-6-16(7-5-15)22-19(25)18-9-8-17(14-21-18)24-12-10-23(2)11-13-24/h4-9,14H,3,10-13H2,1-2H3,(H,22,25). The van der Waals surface area contributed by atoms with Gasteiger partial charge in [-0.2, -0.15) is 0 Å². The molecule has 2 heterocycles. The summed E-state index contributed by atoms with van der Waals surface area (Å²) in [6.45, 7) is 6.03. The number of rotatable bonds is 5. The summed E-state index contributed by atoms with van der Waals surface area (Å²) in [5.74, 6) is -0.666. The number of pyridine rings is 1. The Morgan fingerprint density at radius 1 is 1.07 bits per heavy atom. The zero-order valence-corrected chi connectivity index (χ0v) is 15.6. The van der Waals surface area contributed by atoms with Crippen molar-refractivity contribution in [3.05, 3.63) is 53.9 Å². The van der Waals surface area contributed by atoms with Crippen molar-refractivity contribution in [2.45, 2.75) is 6.92 Å². The van der Waals surface area contributed by atoms with Crippen molar-refractivity contribution in [3.63, 3.8) is 0 Å². The van der Waals surface area contributed by atoms with Gasteiger partial charge in [0.25, 0.3) is 5.91 Å². The predicted octanol–water partition coefficient (Wildman–Crippen LogP) is 2.26. The van der Waals surface area contributed by atoms with Crippen molar-refractivity contribution >= 4 is 23.3 Å². The van der Waals surface area contributed by atoms with Gasteiger partial charge in [0, 0.05) is 31.9 Å². The third-order valence-electron chi connectivity index (χ3n) is 4.50. The first-order valence-electron chi connectivity index (χ1n) is 9.05. The Labute approximate surface area is 158 Å². The van der Waals surface area contributed by atoms with Crippen LogP contribution in [0.1, 0.15) is 27.8 Å². The molecule has 1 saturated heterocycles. The second kappa shape index (κ2) is 8.64. The highest BCUT2D eigenvalue weighted by Gasteiger charge is 2.15. The number of hydrogen-bond acceptors (Lipinski definition) is 6. The third kappa shape index (κ3) is 4.83. The summed E-state index contributed by atoms with van der Waals surface area (Å²) in [4.78, 5) is 32.9. The molecule has 7 nitrogen and oxygen atoms in total. The molecule has 3 rings (SSSR count). The minimum atomic E-state index is -0.378. The quantitative estimate of drug-likeness (QED) is 0.816. The average molecular weight is 368 g/mol. The average Bonchev–Trinajstić information content (AvgIpc) is 2.69. The molecule has 1 amide bonds. The SMILES string of the molecule is CCOC(=O)c1ccc(NC(=O)c2ccc(N3CCN(C)CC3)cn2)cc1. The first-order chi connectivity index (χ1) is 13.1. The van der Waals surface area contributed by atoms with Crippen molar-refractivity contribution in [1.82, 2.24) is 9.88 Å². The summed E-state index contributed by atoms with van der Waals surface area (Å²) >= 11 is 0. The molecule has 142 valence electrons. The van der Waals surface area contributed by atoms with Crippen LogP contribution in [-0.2, 0) is 4.74 Å². The summed E-state index contributed by atoms with van der Waals surface area (Å²) in [5, 5.41) is 2.79. The predicted molar refractivity (Wildman–Crippen MR) is 104 cm³/mol. The van der Waals surface area contributed by atoms with E-state index in [-0.39, 0.29) is 11.9 Å². The van der Waals surface area contributed by atoms with Gasteiger partial charge in [0.15, 0.2) is 0 Å². The first kappa shape index (κ1) is 18.8. The van der Waals surface area contributed by atoms with E-state index in [4.69, 9.17) is 4.74 Å². The van der Waals surface area contributed by atoms with Crippen molar-refractivity contribution < 1.29 is 14.3 Å². The lowest BCUT2D eigenvalue weighted by Gasteiger charge is -2.33. The maximum Gasteiger partial charge on any atom is 0.338 e. The monoisotopic (exact) mass is 368 g/mol. The molecule has 0 saturated carbocycles. The summed E-state index contributed by atoms with van der Waals surface area (Å²) in [7, 11) is 2.11. The number of likely N-dealkylation sites (N-methyl/N-ethyl adjacent to an activating group) is 1. The molecule has 0 atom stereocenters. The molecule has 1 aliphatic rings. The van der Waals surface area contributed by atoms with Gasteiger partial charge in [0.1, 0.15) is 5.69 Å². The number of nitrogens with zero attached hydrogens (tertiary/aromatic N) is 3. The highest BCUT2D eigenvalue weighted by Crippen LogP contribution is 2.16. The van der Waals surface area contributed by atoms with Crippen molar-refractivity contribution in [2.75, 3.05) is 50.1 Å². The summed E-state index contributed by atoms with van der Waals surface area (Å²) in [6.07, 6.45) is 1.74. The maximum atomic E-state index is 12.4. The van der Waals surface area contributed by atoms with E-state index in [0.717, 1.165) is 31.9 Å². The molecular weight excluding hydrogens is 344 g/mol. The molecule has 1 aromatic carbocycles. The normalized spacial score (nSPS) is 14.7. The lowest BCUT2D eigenvalue weighted by atomic mass is 10.2. The molecule has 1 aromatic heterocycles. The number of amides is 1. The van der Waals surface area contributed by atoms with E-state index in [9.17, 15) is 9.59 Å². The van der Waals surface area contributed by atoms with E-state index >= 15 is 0 Å². The van der Waals surface area contributed by atoms with E-state index in [0.29, 0.717) is 23.6 Å². The summed E-state index contributed by atoms with van der Waals surface area (Å²) < 4.78 is 4.94. The Bertz CT molecular complexity index is 782. The van der Waals surface area contributed by atoms with Crippen LogP contribution in [0.3, 0.4) is 0 Å². The number of anilines is 2. The van der Waals surface area contributed by atoms with Gasteiger partial charge in [-0.15, -0.1) is 0 Å². The maximum absolute atomic E-state index is 12.4. The van der Waals surface area contributed by atoms with Crippen molar-refractivity contribution in [3.8, 4) is 0 Å². The van der Waals surface area contributed by atoms with E-state index in [2.05, 4.69) is 27.1 Å². The molecule has 0 unspecified atom stereocenters. The van der Waals surface area contributed by atoms with E-state index in [1.165, 1.54) is 0 Å². The number of esters is 1. The molecule has 27 heavy (non-hydrogen) atoms. The Balaban J connectivity index is 1.60. The van der Waals surface area contributed by atoms with Crippen LogP contribution in [0.4, 0.5) is 11.4 Å². The second-order valence-electron chi connectivity index (χ2n) is 6.44. The zero-order valence-electron chi connectivity index (χ0n) is 15.6. The fourth-order valence-corrected chi connectivity index (χ4v) is 2.87. The fraction of sp³-hybridized carbons (Fsp3) is 0.350. The van der Waals surface area contributed by atoms with Gasteiger partial charge >= 0.3 is 5.97 Å². The van der Waals surface area contributed by atoms with Crippen LogP contribution in [0.2, 0.25) is 0 Å². The third-order valence-corrected chi connectivity index (χ3v) is 4.50. The lowest BCUT2D eigenvalue weighted by molar-refractivity contribution is 0.0526. The van der Waals surface area contributed by atoms with Crippen LogP contribution in [0.25, 0.3) is 0 Å². The molecule has 1 N–H and O–H groups in total. The Hall–Kier alpha value is -2.93. The van der Waals surface area contributed by atoms with Gasteiger partial charge in [-0.3, -0.25) is 4.79 Å². The number of ether oxygens (including phenoxy) is 1. The Morgan fingerprint density at radius 3 is 2.37 bits per heavy atom. The summed E-state index contributed by atoms with van der Waals surface area (Å²) in [6, 6.07) is 10.2. The number of aromatic nitrogens is 1. The van der Waals surface area contributed by atoms with Crippen LogP contribution in [-0.4, -0.2) is 61.6 Å². The van der Waals surface area contributed by atoms with Crippen LogP contribution >= 0.6 is 0 Å². The number of nitrogens with one attached hydrogen (secondary N) is 1. The molecule has 1 fully saturated rings. The van der Waals surface area contributed by atoms with Crippen molar-refractivity contribution in [2.24, 2.45) is 0 Å². The van der Waals surface area contributed by atoms with Gasteiger partial charge in [0.2, 0.25) is 0 Å². The number of benzene rings is 1. The van der Waals surface area contributed by atoms with Crippen LogP contribution in [0.15, 0.2) is 42.6 Å². The van der Waals surface area contributed by atoms with E-state index < -0.39 is 0 Å². The first-order valence-corrected chi connectivity index (χ1v) is 9.05. The lowest BCUT2D eigenvalue weighted by Crippen LogP contribution is -2.44. The summed E-state index contributed by atoms with van der Waals surface area (Å²) in [5.41, 5.74) is 2.42. The van der Waals surface area contributed by atoms with Gasteiger partial charge in [-0.25, -0.2) is 9.78 Å². The Kier molecular flexibility index (Phi) is 6.03. The van der Waals surface area contributed by atoms with Gasteiger partial charge in [0.05, 0.1) is 24.1 Å². The number of piperazine rings is 1. The van der Waals surface area contributed by atoms with Crippen LogP contribution < -0.4 is 10.2 Å².